The molecule has 0 aliphatic carbocycles. The second-order valence-corrected chi connectivity index (χ2v) is 3.29. The monoisotopic (exact) mass is 202 g/mol. The van der Waals surface area contributed by atoms with Crippen LogP contribution in [0.15, 0.2) is 12.3 Å². The van der Waals surface area contributed by atoms with E-state index in [1.54, 1.807) is 0 Å². The molecule has 0 radical (unpaired) electrons. The molecule has 0 aliphatic heterocycles. The lowest BCUT2D eigenvalue weighted by Gasteiger charge is -2.11. The molecule has 1 rings (SSSR count). The van der Waals surface area contributed by atoms with Gasteiger partial charge in [0.25, 0.3) is 0 Å². The van der Waals surface area contributed by atoms with E-state index in [9.17, 15) is 4.39 Å². The molecule has 0 saturated carbocycles. The lowest BCUT2D eigenvalue weighted by atomic mass is 10.1. The fraction of sp³-hybridized carbons (Fsp3) is 0.444. The summed E-state index contributed by atoms with van der Waals surface area (Å²) in [5, 5.41) is 0.294. The maximum Gasteiger partial charge on any atom is 0.141 e. The number of halogens is 2. The average molecular weight is 203 g/mol. The van der Waals surface area contributed by atoms with Gasteiger partial charge in [-0.05, 0) is 12.5 Å². The van der Waals surface area contributed by atoms with Crippen molar-refractivity contribution in [3.8, 4) is 0 Å². The molecule has 0 unspecified atom stereocenters. The summed E-state index contributed by atoms with van der Waals surface area (Å²) in [6.07, 6.45) is 2.81. The predicted octanol–water partition coefficient (Wildman–Crippen LogP) is 2.67. The van der Waals surface area contributed by atoms with Crippen molar-refractivity contribution in [1.82, 2.24) is 4.98 Å². The molecule has 72 valence electrons. The third-order valence-corrected chi connectivity index (χ3v) is 2.15. The smallest absolute Gasteiger partial charge is 0.141 e. The molecule has 1 aromatic heterocycles. The van der Waals surface area contributed by atoms with Crippen molar-refractivity contribution in [1.29, 1.82) is 0 Å². The predicted molar refractivity (Wildman–Crippen MR) is 51.0 cm³/mol. The largest absolute Gasteiger partial charge is 0.324 e. The molecule has 0 fully saturated rings. The van der Waals surface area contributed by atoms with Crippen LogP contribution in [0.5, 0.6) is 0 Å². The van der Waals surface area contributed by atoms with E-state index in [1.165, 1.54) is 6.07 Å². The number of rotatable bonds is 3. The molecule has 13 heavy (non-hydrogen) atoms. The van der Waals surface area contributed by atoms with Crippen LogP contribution in [-0.2, 0) is 0 Å². The van der Waals surface area contributed by atoms with Crippen LogP contribution in [0.4, 0.5) is 4.39 Å². The molecule has 2 N–H and O–H groups in total. The number of pyridine rings is 1. The summed E-state index contributed by atoms with van der Waals surface area (Å²) in [5.74, 6) is -0.397. The molecule has 1 heterocycles. The third-order valence-electron chi connectivity index (χ3n) is 1.83. The normalized spacial score (nSPS) is 12.9. The Hall–Kier alpha value is -0.670. The number of nitrogens with two attached hydrogens (primary N) is 1. The number of hydrogen-bond donors (Lipinski definition) is 1. The van der Waals surface area contributed by atoms with Crippen molar-refractivity contribution in [2.24, 2.45) is 5.73 Å². The highest BCUT2D eigenvalue weighted by molar-refractivity contribution is 6.30. The first-order chi connectivity index (χ1) is 6.15. The summed E-state index contributed by atoms with van der Waals surface area (Å²) < 4.78 is 12.8. The zero-order chi connectivity index (χ0) is 9.84. The van der Waals surface area contributed by atoms with Crippen molar-refractivity contribution >= 4 is 11.6 Å². The second-order valence-electron chi connectivity index (χ2n) is 2.93. The van der Waals surface area contributed by atoms with Crippen LogP contribution in [0.1, 0.15) is 31.4 Å². The van der Waals surface area contributed by atoms with Gasteiger partial charge >= 0.3 is 0 Å². The Morgan fingerprint density at radius 1 is 1.69 bits per heavy atom. The van der Waals surface area contributed by atoms with E-state index in [1.807, 2.05) is 6.92 Å². The van der Waals surface area contributed by atoms with E-state index in [2.05, 4.69) is 4.98 Å². The summed E-state index contributed by atoms with van der Waals surface area (Å²) >= 11 is 5.77. The quantitative estimate of drug-likeness (QED) is 0.766. The van der Waals surface area contributed by atoms with Crippen molar-refractivity contribution in [2.75, 3.05) is 0 Å². The Kier molecular flexibility index (Phi) is 3.63. The zero-order valence-corrected chi connectivity index (χ0v) is 8.18. The van der Waals surface area contributed by atoms with Gasteiger partial charge < -0.3 is 5.73 Å². The highest BCUT2D eigenvalue weighted by atomic mass is 35.5. The molecular weight excluding hydrogens is 191 g/mol. The van der Waals surface area contributed by atoms with Gasteiger partial charge in [-0.25, -0.2) is 9.37 Å². The van der Waals surface area contributed by atoms with Gasteiger partial charge in [0.2, 0.25) is 0 Å². The molecule has 0 aliphatic rings. The van der Waals surface area contributed by atoms with Crippen molar-refractivity contribution in [2.45, 2.75) is 25.8 Å². The topological polar surface area (TPSA) is 38.9 Å². The van der Waals surface area contributed by atoms with Crippen LogP contribution >= 0.6 is 11.6 Å². The first-order valence-electron chi connectivity index (χ1n) is 4.21. The molecular formula is C9H12ClFN2. The number of aromatic nitrogens is 1. The summed E-state index contributed by atoms with van der Waals surface area (Å²) in [6, 6.07) is 1.12. The summed E-state index contributed by atoms with van der Waals surface area (Å²) in [6.45, 7) is 2.01. The Balaban J connectivity index is 2.91. The van der Waals surface area contributed by atoms with Crippen molar-refractivity contribution in [3.63, 3.8) is 0 Å². The van der Waals surface area contributed by atoms with E-state index in [-0.39, 0.29) is 6.04 Å². The lowest BCUT2D eigenvalue weighted by Crippen LogP contribution is -2.11. The van der Waals surface area contributed by atoms with E-state index in [4.69, 9.17) is 17.3 Å². The van der Waals surface area contributed by atoms with Crippen molar-refractivity contribution < 1.29 is 4.39 Å². The second kappa shape index (κ2) is 4.53. The Labute approximate surface area is 81.9 Å². The summed E-state index contributed by atoms with van der Waals surface area (Å²) in [4.78, 5) is 3.69. The standard InChI is InChI=1S/C9H12ClFN2/c1-2-3-8(12)7-4-6(11)5-13-9(7)10/h4-5,8H,2-3,12H2,1H3/t8-/m1/s1. The summed E-state index contributed by atoms with van der Waals surface area (Å²) in [7, 11) is 0. The molecule has 2 nitrogen and oxygen atoms in total. The third kappa shape index (κ3) is 2.64. The van der Waals surface area contributed by atoms with Gasteiger partial charge in [0.15, 0.2) is 0 Å². The van der Waals surface area contributed by atoms with Gasteiger partial charge in [-0.15, -0.1) is 0 Å². The fourth-order valence-corrected chi connectivity index (χ4v) is 1.41. The van der Waals surface area contributed by atoms with Crippen molar-refractivity contribution in [3.05, 3.63) is 28.8 Å². The summed E-state index contributed by atoms with van der Waals surface area (Å²) in [5.41, 5.74) is 6.37. The van der Waals surface area contributed by atoms with Gasteiger partial charge in [0, 0.05) is 11.6 Å². The van der Waals surface area contributed by atoms with Gasteiger partial charge in [-0.1, -0.05) is 24.9 Å². The zero-order valence-electron chi connectivity index (χ0n) is 7.43. The maximum absolute atomic E-state index is 12.8. The van der Waals surface area contributed by atoms with E-state index in [0.717, 1.165) is 19.0 Å². The van der Waals surface area contributed by atoms with Crippen LogP contribution in [-0.4, -0.2) is 4.98 Å². The molecule has 0 spiro atoms. The van der Waals surface area contributed by atoms with Crippen LogP contribution in [0.3, 0.4) is 0 Å². The minimum Gasteiger partial charge on any atom is -0.324 e. The average Bonchev–Trinajstić information content (AvgIpc) is 2.09. The highest BCUT2D eigenvalue weighted by Gasteiger charge is 2.10. The van der Waals surface area contributed by atoms with Crippen LogP contribution in [0.2, 0.25) is 5.15 Å². The molecule has 1 aromatic rings. The molecule has 0 bridgehead atoms. The molecule has 0 aromatic carbocycles. The van der Waals surface area contributed by atoms with Crippen LogP contribution in [0.25, 0.3) is 0 Å². The maximum atomic E-state index is 12.8. The Morgan fingerprint density at radius 2 is 2.38 bits per heavy atom. The van der Waals surface area contributed by atoms with Gasteiger partial charge in [-0.3, -0.25) is 0 Å². The fourth-order valence-electron chi connectivity index (χ4n) is 1.16. The minimum atomic E-state index is -0.397. The Bertz CT molecular complexity index is 291. The first kappa shape index (κ1) is 10.4. The van der Waals surface area contributed by atoms with E-state index >= 15 is 0 Å². The van der Waals surface area contributed by atoms with Gasteiger partial charge in [-0.2, -0.15) is 0 Å². The number of hydrogen-bond acceptors (Lipinski definition) is 2. The molecule has 0 saturated heterocycles. The van der Waals surface area contributed by atoms with Gasteiger partial charge in [0.1, 0.15) is 11.0 Å². The van der Waals surface area contributed by atoms with Crippen LogP contribution < -0.4 is 5.73 Å². The van der Waals surface area contributed by atoms with E-state index < -0.39 is 5.82 Å². The van der Waals surface area contributed by atoms with Gasteiger partial charge in [0.05, 0.1) is 6.20 Å². The molecule has 0 amide bonds. The lowest BCUT2D eigenvalue weighted by molar-refractivity contribution is 0.598. The minimum absolute atomic E-state index is 0.222. The molecule has 1 atom stereocenters. The van der Waals surface area contributed by atoms with E-state index in [0.29, 0.717) is 10.7 Å². The Morgan fingerprint density at radius 3 is 3.00 bits per heavy atom. The number of nitrogens with zero attached hydrogens (tertiary/aromatic N) is 1. The highest BCUT2D eigenvalue weighted by Crippen LogP contribution is 2.22. The van der Waals surface area contributed by atoms with Crippen LogP contribution in [0, 0.1) is 5.82 Å². The SMILES string of the molecule is CCC[C@@H](N)c1cc(F)cnc1Cl. The molecule has 4 heteroatoms. The first-order valence-corrected chi connectivity index (χ1v) is 4.59.